The monoisotopic (exact) mass is 368 g/mol. The minimum absolute atomic E-state index is 0. The van der Waals surface area contributed by atoms with Crippen molar-refractivity contribution in [2.75, 3.05) is 17.3 Å². The average Bonchev–Trinajstić information content (AvgIpc) is 2.76. The van der Waals surface area contributed by atoms with Crippen LogP contribution in [0.1, 0.15) is 32.5 Å². The van der Waals surface area contributed by atoms with Crippen LogP contribution in [0.4, 0.5) is 0 Å². The van der Waals surface area contributed by atoms with E-state index in [1.165, 1.54) is 0 Å². The minimum atomic E-state index is -2.84. The molecule has 0 amide bonds. The van der Waals surface area contributed by atoms with Gasteiger partial charge in [0.15, 0.2) is 15.0 Å². The predicted molar refractivity (Wildman–Crippen MR) is 92.1 cm³/mol. The normalized spacial score (nSPS) is 20.8. The molecule has 0 saturated carbocycles. The topological polar surface area (TPSA) is 90.9 Å². The molecule has 1 saturated heterocycles. The molecular formula is C13H25ClN4O2S2. The lowest BCUT2D eigenvalue weighted by atomic mass is 10.1. The van der Waals surface area contributed by atoms with Crippen molar-refractivity contribution in [3.05, 3.63) is 5.82 Å². The number of aromatic nitrogens is 3. The van der Waals surface area contributed by atoms with Gasteiger partial charge in [0, 0.05) is 12.3 Å². The van der Waals surface area contributed by atoms with Gasteiger partial charge in [-0.3, -0.25) is 0 Å². The van der Waals surface area contributed by atoms with Crippen LogP contribution in [0.5, 0.6) is 0 Å². The van der Waals surface area contributed by atoms with Crippen LogP contribution in [0.15, 0.2) is 5.16 Å². The van der Waals surface area contributed by atoms with E-state index >= 15 is 0 Å². The number of halogens is 1. The third-order valence-corrected chi connectivity index (χ3v) is 6.62. The van der Waals surface area contributed by atoms with Crippen molar-refractivity contribution in [2.24, 2.45) is 17.6 Å². The zero-order valence-electron chi connectivity index (χ0n) is 13.1. The molecule has 0 bridgehead atoms. The van der Waals surface area contributed by atoms with Crippen molar-refractivity contribution in [3.8, 4) is 0 Å². The van der Waals surface area contributed by atoms with E-state index in [0.29, 0.717) is 24.0 Å². The molecule has 9 heteroatoms. The average molecular weight is 369 g/mol. The molecule has 2 rings (SSSR count). The molecule has 0 spiro atoms. The first-order chi connectivity index (χ1) is 9.91. The van der Waals surface area contributed by atoms with E-state index in [1.54, 1.807) is 11.8 Å². The summed E-state index contributed by atoms with van der Waals surface area (Å²) in [5.74, 6) is 2.93. The van der Waals surface area contributed by atoms with Crippen molar-refractivity contribution >= 4 is 34.0 Å². The van der Waals surface area contributed by atoms with Gasteiger partial charge in [-0.2, -0.15) is 0 Å². The Hall–Kier alpha value is -0.310. The van der Waals surface area contributed by atoms with E-state index in [-0.39, 0.29) is 18.3 Å². The lowest BCUT2D eigenvalue weighted by molar-refractivity contribution is 0.479. The van der Waals surface area contributed by atoms with Gasteiger partial charge in [0.05, 0.1) is 18.1 Å². The first-order valence-electron chi connectivity index (χ1n) is 7.36. The number of sulfone groups is 1. The van der Waals surface area contributed by atoms with E-state index in [4.69, 9.17) is 5.73 Å². The van der Waals surface area contributed by atoms with Crippen molar-refractivity contribution in [1.29, 1.82) is 0 Å². The molecule has 0 radical (unpaired) electrons. The fraction of sp³-hybridized carbons (Fsp3) is 0.846. The van der Waals surface area contributed by atoms with Crippen LogP contribution < -0.4 is 5.73 Å². The van der Waals surface area contributed by atoms with Gasteiger partial charge >= 0.3 is 0 Å². The lowest BCUT2D eigenvalue weighted by Crippen LogP contribution is -2.26. The van der Waals surface area contributed by atoms with Gasteiger partial charge < -0.3 is 10.3 Å². The van der Waals surface area contributed by atoms with Gasteiger partial charge in [-0.05, 0) is 24.7 Å². The SMILES string of the molecule is CC(C)Cn1c(CN)nnc1SCC1CCCS(=O)(=O)C1.Cl. The van der Waals surface area contributed by atoms with Gasteiger partial charge in [0.1, 0.15) is 5.82 Å². The van der Waals surface area contributed by atoms with Crippen molar-refractivity contribution in [2.45, 2.75) is 44.9 Å². The Balaban J connectivity index is 0.00000242. The number of nitrogens with two attached hydrogens (primary N) is 1. The maximum absolute atomic E-state index is 11.7. The Morgan fingerprint density at radius 3 is 2.73 bits per heavy atom. The van der Waals surface area contributed by atoms with Crippen molar-refractivity contribution < 1.29 is 8.42 Å². The highest BCUT2D eigenvalue weighted by molar-refractivity contribution is 7.99. The molecule has 1 aromatic rings. The predicted octanol–water partition coefficient (Wildman–Crippen LogP) is 1.73. The van der Waals surface area contributed by atoms with E-state index in [0.717, 1.165) is 36.1 Å². The van der Waals surface area contributed by atoms with Crippen LogP contribution in [0, 0.1) is 11.8 Å². The van der Waals surface area contributed by atoms with Gasteiger partial charge in [-0.1, -0.05) is 25.6 Å². The molecule has 1 fully saturated rings. The molecule has 22 heavy (non-hydrogen) atoms. The largest absolute Gasteiger partial charge is 0.324 e. The fourth-order valence-electron chi connectivity index (χ4n) is 2.57. The van der Waals surface area contributed by atoms with Crippen LogP contribution in [-0.2, 0) is 22.9 Å². The molecule has 1 aromatic heterocycles. The molecule has 1 atom stereocenters. The third kappa shape index (κ3) is 5.40. The fourth-order valence-corrected chi connectivity index (χ4v) is 5.60. The van der Waals surface area contributed by atoms with Crippen LogP contribution in [0.25, 0.3) is 0 Å². The summed E-state index contributed by atoms with van der Waals surface area (Å²) >= 11 is 1.60. The second-order valence-electron chi connectivity index (χ2n) is 6.04. The second kappa shape index (κ2) is 8.52. The lowest BCUT2D eigenvalue weighted by Gasteiger charge is -2.21. The quantitative estimate of drug-likeness (QED) is 0.769. The first-order valence-corrected chi connectivity index (χ1v) is 10.2. The van der Waals surface area contributed by atoms with Crippen LogP contribution in [0.2, 0.25) is 0 Å². The minimum Gasteiger partial charge on any atom is -0.324 e. The van der Waals surface area contributed by atoms with Crippen molar-refractivity contribution in [3.63, 3.8) is 0 Å². The maximum atomic E-state index is 11.7. The van der Waals surface area contributed by atoms with Gasteiger partial charge in [-0.25, -0.2) is 8.42 Å². The molecule has 0 aliphatic carbocycles. The van der Waals surface area contributed by atoms with Crippen LogP contribution in [0.3, 0.4) is 0 Å². The Morgan fingerprint density at radius 2 is 2.14 bits per heavy atom. The molecule has 2 N–H and O–H groups in total. The summed E-state index contributed by atoms with van der Waals surface area (Å²) in [7, 11) is -2.84. The van der Waals surface area contributed by atoms with E-state index in [9.17, 15) is 8.42 Å². The summed E-state index contributed by atoms with van der Waals surface area (Å²) in [6.45, 7) is 5.49. The Kier molecular flexibility index (Phi) is 7.64. The van der Waals surface area contributed by atoms with Gasteiger partial charge in [-0.15, -0.1) is 22.6 Å². The van der Waals surface area contributed by atoms with Gasteiger partial charge in [0.25, 0.3) is 0 Å². The highest BCUT2D eigenvalue weighted by Gasteiger charge is 2.25. The number of rotatable bonds is 6. The van der Waals surface area contributed by atoms with E-state index < -0.39 is 9.84 Å². The Bertz CT molecular complexity index is 575. The maximum Gasteiger partial charge on any atom is 0.191 e. The number of thioether (sulfide) groups is 1. The Labute approximate surface area is 143 Å². The molecule has 128 valence electrons. The van der Waals surface area contributed by atoms with Crippen LogP contribution >= 0.6 is 24.2 Å². The van der Waals surface area contributed by atoms with Gasteiger partial charge in [0.2, 0.25) is 0 Å². The van der Waals surface area contributed by atoms with Crippen LogP contribution in [-0.4, -0.2) is 40.4 Å². The molecule has 1 aliphatic heterocycles. The zero-order valence-corrected chi connectivity index (χ0v) is 15.5. The highest BCUT2D eigenvalue weighted by atomic mass is 35.5. The molecule has 0 aromatic carbocycles. The first kappa shape index (κ1) is 19.7. The molecular weight excluding hydrogens is 344 g/mol. The molecule has 1 unspecified atom stereocenters. The highest BCUT2D eigenvalue weighted by Crippen LogP contribution is 2.26. The molecule has 6 nitrogen and oxygen atoms in total. The zero-order chi connectivity index (χ0) is 15.5. The Morgan fingerprint density at radius 1 is 1.41 bits per heavy atom. The summed E-state index contributed by atoms with van der Waals surface area (Å²) in [4.78, 5) is 0. The summed E-state index contributed by atoms with van der Waals surface area (Å²) < 4.78 is 25.4. The summed E-state index contributed by atoms with van der Waals surface area (Å²) in [5, 5.41) is 9.19. The van der Waals surface area contributed by atoms with E-state index in [1.807, 2.05) is 0 Å². The summed E-state index contributed by atoms with van der Waals surface area (Å²) in [6, 6.07) is 0. The number of hydrogen-bond acceptors (Lipinski definition) is 6. The van der Waals surface area contributed by atoms with E-state index in [2.05, 4.69) is 28.6 Å². The summed E-state index contributed by atoms with van der Waals surface area (Å²) in [6.07, 6.45) is 1.76. The number of hydrogen-bond donors (Lipinski definition) is 1. The third-order valence-electron chi connectivity index (χ3n) is 3.53. The standard InChI is InChI=1S/C13H24N4O2S2.ClH/c1-10(2)7-17-12(6-14)15-16-13(17)20-8-11-4-3-5-21(18,19)9-11;/h10-11H,3-9,14H2,1-2H3;1H. The smallest absolute Gasteiger partial charge is 0.191 e. The summed E-state index contributed by atoms with van der Waals surface area (Å²) in [5.41, 5.74) is 5.70. The molecule has 1 aliphatic rings. The number of nitrogens with zero attached hydrogens (tertiary/aromatic N) is 3. The molecule has 2 heterocycles. The second-order valence-corrected chi connectivity index (χ2v) is 9.26. The van der Waals surface area contributed by atoms with Crippen molar-refractivity contribution in [1.82, 2.24) is 14.8 Å².